The lowest BCUT2D eigenvalue weighted by Crippen LogP contribution is -2.40. The first-order valence-electron chi connectivity index (χ1n) is 12.8. The van der Waals surface area contributed by atoms with Gasteiger partial charge in [0.2, 0.25) is 0 Å². The SMILES string of the molecule is CC(C[N+](C)(C)C)P(=O)(O)O.CCC/C=C\CCCC/C=C\CCCCCOC[C@@H](O)COC. The lowest BCUT2D eigenvalue weighted by Gasteiger charge is -2.27. The molecular weight excluding hydrogens is 453 g/mol. The van der Waals surface area contributed by atoms with Gasteiger partial charge >= 0.3 is 7.60 Å². The Balaban J connectivity index is 0. The third-order valence-electron chi connectivity index (χ3n) is 5.00. The van der Waals surface area contributed by atoms with Gasteiger partial charge in [-0.25, -0.2) is 0 Å². The maximum atomic E-state index is 10.7. The first-order valence-corrected chi connectivity index (χ1v) is 14.5. The van der Waals surface area contributed by atoms with E-state index in [2.05, 4.69) is 31.2 Å². The van der Waals surface area contributed by atoms with Gasteiger partial charge < -0.3 is 28.9 Å². The summed E-state index contributed by atoms with van der Waals surface area (Å²) in [5.41, 5.74) is -0.553. The molecule has 0 aliphatic carbocycles. The van der Waals surface area contributed by atoms with Crippen LogP contribution in [0.2, 0.25) is 0 Å². The number of ether oxygens (including phenoxy) is 2. The highest BCUT2D eigenvalue weighted by molar-refractivity contribution is 7.52. The van der Waals surface area contributed by atoms with Crippen LogP contribution in [0.4, 0.5) is 0 Å². The zero-order valence-electron chi connectivity index (χ0n) is 22.8. The van der Waals surface area contributed by atoms with Crippen LogP contribution >= 0.6 is 7.60 Å². The molecule has 0 bridgehead atoms. The van der Waals surface area contributed by atoms with Crippen molar-refractivity contribution in [3.8, 4) is 0 Å². The second-order valence-electron chi connectivity index (χ2n) is 9.96. The number of methoxy groups -OCH3 is 1. The number of aliphatic hydroxyl groups is 1. The molecule has 0 aromatic carbocycles. The van der Waals surface area contributed by atoms with Crippen molar-refractivity contribution in [3.05, 3.63) is 24.3 Å². The Kier molecular flexibility index (Phi) is 24.0. The average molecular weight is 509 g/mol. The quantitative estimate of drug-likeness (QED) is 0.0894. The van der Waals surface area contributed by atoms with E-state index < -0.39 is 19.4 Å². The van der Waals surface area contributed by atoms with Gasteiger partial charge in [-0.05, 0) is 58.3 Å². The van der Waals surface area contributed by atoms with Crippen molar-refractivity contribution < 1.29 is 33.4 Å². The van der Waals surface area contributed by atoms with Gasteiger partial charge in [0.1, 0.15) is 11.8 Å². The maximum Gasteiger partial charge on any atom is 0.333 e. The Bertz CT molecular complexity index is 542. The Morgan fingerprint density at radius 2 is 1.35 bits per heavy atom. The molecular formula is C26H55NO6P+. The third-order valence-corrected chi connectivity index (χ3v) is 6.31. The molecule has 8 heteroatoms. The molecule has 0 heterocycles. The number of hydrogen-bond donors (Lipinski definition) is 3. The molecule has 0 aliphatic rings. The number of unbranched alkanes of at least 4 members (excludes halogenated alkanes) is 7. The van der Waals surface area contributed by atoms with E-state index in [0.717, 1.165) is 13.0 Å². The molecule has 204 valence electrons. The van der Waals surface area contributed by atoms with Crippen molar-refractivity contribution in [2.45, 2.75) is 89.8 Å². The molecule has 7 nitrogen and oxygen atoms in total. The molecule has 0 amide bonds. The summed E-state index contributed by atoms with van der Waals surface area (Å²) in [7, 11) is 3.44. The molecule has 0 saturated carbocycles. The van der Waals surface area contributed by atoms with Crippen LogP contribution in [-0.2, 0) is 14.0 Å². The van der Waals surface area contributed by atoms with Gasteiger partial charge in [-0.2, -0.15) is 0 Å². The molecule has 1 unspecified atom stereocenters. The highest BCUT2D eigenvalue weighted by Gasteiger charge is 2.28. The lowest BCUT2D eigenvalue weighted by atomic mass is 10.1. The molecule has 0 aliphatic heterocycles. The van der Waals surface area contributed by atoms with Crippen LogP contribution in [0.1, 0.15) is 78.1 Å². The smallest absolute Gasteiger partial charge is 0.333 e. The summed E-state index contributed by atoms with van der Waals surface area (Å²) >= 11 is 0. The van der Waals surface area contributed by atoms with E-state index in [1.165, 1.54) is 57.8 Å². The third kappa shape index (κ3) is 29.5. The highest BCUT2D eigenvalue weighted by atomic mass is 31.2. The van der Waals surface area contributed by atoms with E-state index in [4.69, 9.17) is 19.3 Å². The van der Waals surface area contributed by atoms with Crippen LogP contribution in [-0.4, -0.2) is 85.8 Å². The first kappa shape index (κ1) is 35.6. The normalized spacial score (nSPS) is 14.4. The van der Waals surface area contributed by atoms with E-state index in [-0.39, 0.29) is 0 Å². The molecule has 0 aromatic heterocycles. The van der Waals surface area contributed by atoms with E-state index in [1.807, 2.05) is 21.1 Å². The summed E-state index contributed by atoms with van der Waals surface area (Å²) in [6, 6.07) is 0. The van der Waals surface area contributed by atoms with E-state index in [9.17, 15) is 9.67 Å². The fourth-order valence-corrected chi connectivity index (χ4v) is 3.87. The number of nitrogens with zero attached hydrogens (tertiary/aromatic N) is 1. The standard InChI is InChI=1S/C20H38O3.C6H16NO3P/c1-3-4-5-6-7-8-9-10-11-12-13-14-15-16-17-23-19-20(21)18-22-2;1-6(11(8,9)10)5-7(2,3)4/h5-6,11-12,20-21H,3-4,7-10,13-19H2,1-2H3;6H,5H2,1-4H3,(H-,8,9,10)/p+1/b6-5-,12-11-;/t20-;/m0./s1. The topological polar surface area (TPSA) is 96.2 Å². The summed E-state index contributed by atoms with van der Waals surface area (Å²) in [4.78, 5) is 17.5. The zero-order chi connectivity index (χ0) is 26.3. The van der Waals surface area contributed by atoms with Crippen molar-refractivity contribution in [3.63, 3.8) is 0 Å². The molecule has 2 atom stereocenters. The summed E-state index contributed by atoms with van der Waals surface area (Å²) < 4.78 is 21.5. The monoisotopic (exact) mass is 508 g/mol. The van der Waals surface area contributed by atoms with Crippen molar-refractivity contribution in [2.75, 3.05) is 54.6 Å². The second kappa shape index (κ2) is 22.9. The minimum absolute atomic E-state index is 0.347. The molecule has 0 spiro atoms. The van der Waals surface area contributed by atoms with E-state index >= 15 is 0 Å². The number of hydrogen-bond acceptors (Lipinski definition) is 4. The molecule has 0 rings (SSSR count). The lowest BCUT2D eigenvalue weighted by molar-refractivity contribution is -0.869. The van der Waals surface area contributed by atoms with Gasteiger partial charge in [0.25, 0.3) is 0 Å². The number of allylic oxidation sites excluding steroid dienone is 4. The van der Waals surface area contributed by atoms with Gasteiger partial charge in [0.05, 0.1) is 40.9 Å². The molecule has 0 saturated heterocycles. The van der Waals surface area contributed by atoms with Gasteiger partial charge in [-0.15, -0.1) is 0 Å². The van der Waals surface area contributed by atoms with Crippen LogP contribution in [0.25, 0.3) is 0 Å². The molecule has 3 N–H and O–H groups in total. The van der Waals surface area contributed by atoms with E-state index in [1.54, 1.807) is 14.0 Å². The largest absolute Gasteiger partial charge is 0.388 e. The summed E-state index contributed by atoms with van der Waals surface area (Å²) in [5.74, 6) is 0. The fraction of sp³-hybridized carbons (Fsp3) is 0.846. The Morgan fingerprint density at radius 3 is 1.76 bits per heavy atom. The Hall–Kier alpha value is -0.530. The Morgan fingerprint density at radius 1 is 0.853 bits per heavy atom. The van der Waals surface area contributed by atoms with Crippen molar-refractivity contribution in [1.29, 1.82) is 0 Å². The maximum absolute atomic E-state index is 10.7. The van der Waals surface area contributed by atoms with Crippen LogP contribution in [0.5, 0.6) is 0 Å². The molecule has 0 aromatic rings. The second-order valence-corrected chi connectivity index (χ2v) is 12.0. The minimum Gasteiger partial charge on any atom is -0.388 e. The Labute approximate surface area is 210 Å². The van der Waals surface area contributed by atoms with Gasteiger partial charge in [0.15, 0.2) is 0 Å². The van der Waals surface area contributed by atoms with Crippen molar-refractivity contribution >= 4 is 7.60 Å². The minimum atomic E-state index is -3.87. The summed E-state index contributed by atoms with van der Waals surface area (Å²) in [6.07, 6.45) is 20.9. The zero-order valence-corrected chi connectivity index (χ0v) is 23.7. The predicted octanol–water partition coefficient (Wildman–Crippen LogP) is 5.30. The summed E-state index contributed by atoms with van der Waals surface area (Å²) in [5, 5.41) is 9.40. The van der Waals surface area contributed by atoms with Gasteiger partial charge in [-0.1, -0.05) is 44.1 Å². The predicted molar refractivity (Wildman–Crippen MR) is 143 cm³/mol. The highest BCUT2D eigenvalue weighted by Crippen LogP contribution is 2.41. The number of rotatable bonds is 20. The average Bonchev–Trinajstić information content (AvgIpc) is 2.72. The van der Waals surface area contributed by atoms with Crippen molar-refractivity contribution in [1.82, 2.24) is 0 Å². The van der Waals surface area contributed by atoms with Gasteiger partial charge in [0, 0.05) is 13.7 Å². The van der Waals surface area contributed by atoms with Gasteiger partial charge in [-0.3, -0.25) is 4.57 Å². The van der Waals surface area contributed by atoms with E-state index in [0.29, 0.717) is 24.2 Å². The van der Waals surface area contributed by atoms with Crippen LogP contribution in [0.15, 0.2) is 24.3 Å². The van der Waals surface area contributed by atoms with Crippen LogP contribution < -0.4 is 0 Å². The van der Waals surface area contributed by atoms with Crippen LogP contribution in [0, 0.1) is 0 Å². The fourth-order valence-electron chi connectivity index (χ4n) is 3.16. The molecule has 0 fully saturated rings. The number of aliphatic hydroxyl groups excluding tert-OH is 1. The number of quaternary nitrogens is 1. The summed E-state index contributed by atoms with van der Waals surface area (Å²) in [6.45, 7) is 5.74. The van der Waals surface area contributed by atoms with Crippen molar-refractivity contribution in [2.24, 2.45) is 0 Å². The molecule has 0 radical (unpaired) electrons. The van der Waals surface area contributed by atoms with Crippen LogP contribution in [0.3, 0.4) is 0 Å². The first-order chi connectivity index (χ1) is 15.9. The molecule has 34 heavy (non-hydrogen) atoms.